The van der Waals surface area contributed by atoms with Gasteiger partial charge in [-0.2, -0.15) is 0 Å². The Kier molecular flexibility index (Phi) is 3.75. The van der Waals surface area contributed by atoms with E-state index in [0.717, 1.165) is 6.42 Å². The predicted octanol–water partition coefficient (Wildman–Crippen LogP) is 0.304. The zero-order valence-electron chi connectivity index (χ0n) is 8.49. The van der Waals surface area contributed by atoms with E-state index < -0.39 is 0 Å². The second-order valence-electron chi connectivity index (χ2n) is 3.55. The number of halogens is 1. The predicted molar refractivity (Wildman–Crippen MR) is 54.1 cm³/mol. The van der Waals surface area contributed by atoms with E-state index in [1.165, 1.54) is 6.92 Å². The minimum Gasteiger partial charge on any atom is -0.341 e. The molecule has 0 saturated carbocycles. The molecule has 5 heteroatoms. The van der Waals surface area contributed by atoms with E-state index in [1.54, 1.807) is 16.8 Å². The average Bonchev–Trinajstić information content (AvgIpc) is 2.64. The third kappa shape index (κ3) is 2.38. The van der Waals surface area contributed by atoms with Crippen LogP contribution in [0.15, 0.2) is 0 Å². The van der Waals surface area contributed by atoms with Gasteiger partial charge in [-0.25, -0.2) is 0 Å². The smallest absolute Gasteiger partial charge is 0.237 e. The topological polar surface area (TPSA) is 40.6 Å². The van der Waals surface area contributed by atoms with E-state index in [-0.39, 0.29) is 23.7 Å². The van der Waals surface area contributed by atoms with Crippen molar-refractivity contribution in [1.82, 2.24) is 9.80 Å². The minimum absolute atomic E-state index is 0.0243. The lowest BCUT2D eigenvalue weighted by Crippen LogP contribution is -2.39. The first kappa shape index (κ1) is 11.3. The van der Waals surface area contributed by atoms with E-state index in [2.05, 4.69) is 0 Å². The first-order chi connectivity index (χ1) is 6.56. The van der Waals surface area contributed by atoms with Crippen molar-refractivity contribution in [3.05, 3.63) is 0 Å². The SMILES string of the molecule is CC(=O)N(C)[C@@H]1CCN(C(=O)CCl)C1. The van der Waals surface area contributed by atoms with Gasteiger partial charge in [0.2, 0.25) is 11.8 Å². The van der Waals surface area contributed by atoms with Crippen molar-refractivity contribution in [3.8, 4) is 0 Å². The van der Waals surface area contributed by atoms with E-state index in [1.807, 2.05) is 0 Å². The summed E-state index contributed by atoms with van der Waals surface area (Å²) in [7, 11) is 1.77. The standard InChI is InChI=1S/C9H15ClN2O2/c1-7(13)11(2)8-3-4-12(6-8)9(14)5-10/h8H,3-6H2,1-2H3/t8-/m1/s1. The van der Waals surface area contributed by atoms with Crippen LogP contribution < -0.4 is 0 Å². The van der Waals surface area contributed by atoms with Crippen LogP contribution in [0, 0.1) is 0 Å². The quantitative estimate of drug-likeness (QED) is 0.626. The van der Waals surface area contributed by atoms with Gasteiger partial charge in [0.25, 0.3) is 0 Å². The fourth-order valence-electron chi connectivity index (χ4n) is 1.63. The molecule has 1 heterocycles. The van der Waals surface area contributed by atoms with Crippen LogP contribution >= 0.6 is 11.6 Å². The first-order valence-corrected chi connectivity index (χ1v) is 5.17. The molecule has 1 atom stereocenters. The highest BCUT2D eigenvalue weighted by Crippen LogP contribution is 2.14. The molecule has 0 aromatic heterocycles. The first-order valence-electron chi connectivity index (χ1n) is 4.63. The van der Waals surface area contributed by atoms with E-state index in [0.29, 0.717) is 13.1 Å². The highest BCUT2D eigenvalue weighted by molar-refractivity contribution is 6.27. The molecule has 0 aromatic carbocycles. The van der Waals surface area contributed by atoms with Gasteiger partial charge in [0.15, 0.2) is 0 Å². The van der Waals surface area contributed by atoms with Crippen molar-refractivity contribution in [2.45, 2.75) is 19.4 Å². The molecule has 0 aliphatic carbocycles. The second kappa shape index (κ2) is 4.64. The van der Waals surface area contributed by atoms with E-state index in [4.69, 9.17) is 11.6 Å². The Hall–Kier alpha value is -0.770. The monoisotopic (exact) mass is 218 g/mol. The summed E-state index contributed by atoms with van der Waals surface area (Å²) >= 11 is 5.45. The van der Waals surface area contributed by atoms with Gasteiger partial charge < -0.3 is 9.80 Å². The fourth-order valence-corrected chi connectivity index (χ4v) is 1.80. The lowest BCUT2D eigenvalue weighted by Gasteiger charge is -2.23. The lowest BCUT2D eigenvalue weighted by molar-refractivity contribution is -0.131. The molecule has 1 fully saturated rings. The van der Waals surface area contributed by atoms with Gasteiger partial charge in [0.05, 0.1) is 6.04 Å². The highest BCUT2D eigenvalue weighted by atomic mass is 35.5. The Morgan fingerprint density at radius 2 is 2.21 bits per heavy atom. The Morgan fingerprint density at radius 3 is 2.71 bits per heavy atom. The van der Waals surface area contributed by atoms with Gasteiger partial charge in [-0.15, -0.1) is 11.6 Å². The number of nitrogens with zero attached hydrogens (tertiary/aromatic N) is 2. The molecule has 0 aromatic rings. The molecule has 1 aliphatic heterocycles. The maximum absolute atomic E-state index is 11.2. The molecule has 0 unspecified atom stereocenters. The van der Waals surface area contributed by atoms with Gasteiger partial charge in [0, 0.05) is 27.1 Å². The van der Waals surface area contributed by atoms with Crippen LogP contribution in [0.1, 0.15) is 13.3 Å². The molecule has 1 rings (SSSR count). The maximum Gasteiger partial charge on any atom is 0.237 e. The van der Waals surface area contributed by atoms with Crippen molar-refractivity contribution in [2.24, 2.45) is 0 Å². The largest absolute Gasteiger partial charge is 0.341 e. The number of alkyl halides is 1. The number of hydrogen-bond donors (Lipinski definition) is 0. The zero-order valence-corrected chi connectivity index (χ0v) is 9.25. The number of likely N-dealkylation sites (N-methyl/N-ethyl adjacent to an activating group) is 1. The van der Waals surface area contributed by atoms with E-state index >= 15 is 0 Å². The molecular formula is C9H15ClN2O2. The Labute approximate surface area is 88.8 Å². The van der Waals surface area contributed by atoms with E-state index in [9.17, 15) is 9.59 Å². The Bertz CT molecular complexity index is 245. The summed E-state index contributed by atoms with van der Waals surface area (Å²) in [6.07, 6.45) is 0.846. The summed E-state index contributed by atoms with van der Waals surface area (Å²) in [5.74, 6) is 0.0116. The van der Waals surface area contributed by atoms with Crippen LogP contribution in [0.25, 0.3) is 0 Å². The Morgan fingerprint density at radius 1 is 1.57 bits per heavy atom. The molecule has 14 heavy (non-hydrogen) atoms. The Balaban J connectivity index is 2.49. The number of likely N-dealkylation sites (tertiary alicyclic amines) is 1. The van der Waals surface area contributed by atoms with Crippen molar-refractivity contribution >= 4 is 23.4 Å². The molecule has 1 saturated heterocycles. The molecule has 4 nitrogen and oxygen atoms in total. The second-order valence-corrected chi connectivity index (χ2v) is 3.81. The summed E-state index contributed by atoms with van der Waals surface area (Å²) in [5.41, 5.74) is 0. The van der Waals surface area contributed by atoms with Crippen molar-refractivity contribution in [1.29, 1.82) is 0 Å². The molecule has 1 aliphatic rings. The molecule has 2 amide bonds. The van der Waals surface area contributed by atoms with Gasteiger partial charge in [-0.3, -0.25) is 9.59 Å². The molecule has 80 valence electrons. The minimum atomic E-state index is -0.0499. The molecule has 0 N–H and O–H groups in total. The summed E-state index contributed by atoms with van der Waals surface area (Å²) in [4.78, 5) is 25.7. The molecule has 0 bridgehead atoms. The summed E-state index contributed by atoms with van der Waals surface area (Å²) < 4.78 is 0. The van der Waals surface area contributed by atoms with Crippen LogP contribution in [0.3, 0.4) is 0 Å². The molecule has 0 radical (unpaired) electrons. The average molecular weight is 219 g/mol. The summed E-state index contributed by atoms with van der Waals surface area (Å²) in [6.45, 7) is 2.85. The van der Waals surface area contributed by atoms with Crippen LogP contribution in [-0.4, -0.2) is 53.7 Å². The normalized spacial score (nSPS) is 21.1. The third-order valence-electron chi connectivity index (χ3n) is 2.67. The van der Waals surface area contributed by atoms with Crippen LogP contribution in [0.5, 0.6) is 0 Å². The van der Waals surface area contributed by atoms with Gasteiger partial charge in [0.1, 0.15) is 5.88 Å². The maximum atomic E-state index is 11.2. The third-order valence-corrected chi connectivity index (χ3v) is 2.90. The summed E-state index contributed by atoms with van der Waals surface area (Å²) in [6, 6.07) is 0.152. The van der Waals surface area contributed by atoms with Crippen molar-refractivity contribution in [3.63, 3.8) is 0 Å². The van der Waals surface area contributed by atoms with Crippen LogP contribution in [0.4, 0.5) is 0 Å². The highest BCUT2D eigenvalue weighted by Gasteiger charge is 2.29. The molecule has 0 spiro atoms. The lowest BCUT2D eigenvalue weighted by atomic mass is 10.2. The number of rotatable bonds is 2. The molecular weight excluding hydrogens is 204 g/mol. The van der Waals surface area contributed by atoms with Crippen LogP contribution in [-0.2, 0) is 9.59 Å². The van der Waals surface area contributed by atoms with Gasteiger partial charge >= 0.3 is 0 Å². The van der Waals surface area contributed by atoms with Crippen molar-refractivity contribution < 1.29 is 9.59 Å². The fraction of sp³-hybridized carbons (Fsp3) is 0.778. The van der Waals surface area contributed by atoms with Gasteiger partial charge in [-0.1, -0.05) is 0 Å². The summed E-state index contributed by atoms with van der Waals surface area (Å²) in [5, 5.41) is 0. The van der Waals surface area contributed by atoms with Crippen LogP contribution in [0.2, 0.25) is 0 Å². The van der Waals surface area contributed by atoms with Gasteiger partial charge in [-0.05, 0) is 6.42 Å². The zero-order chi connectivity index (χ0) is 10.7. The number of hydrogen-bond acceptors (Lipinski definition) is 2. The number of carbonyl (C=O) groups is 2. The van der Waals surface area contributed by atoms with Crippen molar-refractivity contribution in [2.75, 3.05) is 26.0 Å². The number of amides is 2. The number of carbonyl (C=O) groups excluding carboxylic acids is 2.